The number of carboxylic acid groups (broad SMARTS) is 1. The molecule has 0 spiro atoms. The lowest BCUT2D eigenvalue weighted by Crippen LogP contribution is -2.36. The van der Waals surface area contributed by atoms with E-state index in [1.807, 2.05) is 0 Å². The second kappa shape index (κ2) is 5.24. The minimum atomic E-state index is -1.14. The second-order valence-electron chi connectivity index (χ2n) is 3.71. The van der Waals surface area contributed by atoms with Crippen molar-refractivity contribution < 1.29 is 14.7 Å². The Morgan fingerprint density at radius 1 is 1.35 bits per heavy atom. The number of hydrogen-bond acceptors (Lipinski definition) is 5. The molecule has 1 unspecified atom stereocenters. The number of aromatic nitrogens is 2. The number of rotatable bonds is 4. The Balaban J connectivity index is 2.69. The van der Waals surface area contributed by atoms with Gasteiger partial charge in [-0.15, -0.1) is 10.2 Å². The molecule has 1 aromatic heterocycles. The van der Waals surface area contributed by atoms with Crippen molar-refractivity contribution in [3.05, 3.63) is 17.8 Å². The van der Waals surface area contributed by atoms with Crippen LogP contribution in [-0.4, -0.2) is 52.2 Å². The van der Waals surface area contributed by atoms with Crippen LogP contribution in [0, 0.1) is 0 Å². The molecule has 0 saturated heterocycles. The Morgan fingerprint density at radius 2 is 2.00 bits per heavy atom. The summed E-state index contributed by atoms with van der Waals surface area (Å²) in [6.45, 7) is 1.69. The Morgan fingerprint density at radius 3 is 2.41 bits per heavy atom. The maximum absolute atomic E-state index is 11.5. The first-order chi connectivity index (χ1) is 7.91. The van der Waals surface area contributed by atoms with Gasteiger partial charge in [0.05, 0.1) is 0 Å². The van der Waals surface area contributed by atoms with Crippen molar-refractivity contribution in [2.24, 2.45) is 0 Å². The van der Waals surface area contributed by atoms with E-state index in [4.69, 9.17) is 5.11 Å². The summed E-state index contributed by atoms with van der Waals surface area (Å²) in [7, 11) is 3.30. The Kier molecular flexibility index (Phi) is 3.97. The van der Waals surface area contributed by atoms with Crippen molar-refractivity contribution in [1.29, 1.82) is 0 Å². The molecular weight excluding hydrogens is 224 g/mol. The molecule has 1 amide bonds. The molecule has 92 valence electrons. The molecule has 0 saturated carbocycles. The van der Waals surface area contributed by atoms with Gasteiger partial charge in [0.2, 0.25) is 5.91 Å². The summed E-state index contributed by atoms with van der Waals surface area (Å²) in [5.41, 5.74) is -0.137. The van der Waals surface area contributed by atoms with E-state index in [1.165, 1.54) is 17.0 Å². The molecule has 1 atom stereocenters. The number of carbonyl (C=O) groups is 2. The van der Waals surface area contributed by atoms with Crippen LogP contribution >= 0.6 is 0 Å². The zero-order chi connectivity index (χ0) is 13.0. The Labute approximate surface area is 98.5 Å². The quantitative estimate of drug-likeness (QED) is 0.770. The summed E-state index contributed by atoms with van der Waals surface area (Å²) >= 11 is 0. The molecule has 7 nitrogen and oxygen atoms in total. The predicted octanol–water partition coefficient (Wildman–Crippen LogP) is 0.0634. The van der Waals surface area contributed by atoms with Gasteiger partial charge in [-0.2, -0.15) is 0 Å². The third-order valence-electron chi connectivity index (χ3n) is 2.06. The van der Waals surface area contributed by atoms with E-state index in [1.54, 1.807) is 21.0 Å². The average molecular weight is 238 g/mol. The molecule has 1 aromatic rings. The predicted molar refractivity (Wildman–Crippen MR) is 60.8 cm³/mol. The van der Waals surface area contributed by atoms with Crippen molar-refractivity contribution >= 4 is 17.7 Å². The normalized spacial score (nSPS) is 11.7. The van der Waals surface area contributed by atoms with Gasteiger partial charge in [-0.25, -0.2) is 4.79 Å². The molecule has 2 N–H and O–H groups in total. The highest BCUT2D eigenvalue weighted by Crippen LogP contribution is 2.05. The van der Waals surface area contributed by atoms with Crippen LogP contribution in [0.25, 0.3) is 0 Å². The summed E-state index contributed by atoms with van der Waals surface area (Å²) in [4.78, 5) is 23.5. The number of carboxylic acids is 1. The van der Waals surface area contributed by atoms with Crippen molar-refractivity contribution in [2.75, 3.05) is 19.4 Å². The number of anilines is 1. The fourth-order valence-corrected chi connectivity index (χ4v) is 1.19. The number of amides is 1. The topological polar surface area (TPSA) is 95.4 Å². The van der Waals surface area contributed by atoms with Crippen LogP contribution in [-0.2, 0) is 4.79 Å². The highest BCUT2D eigenvalue weighted by molar-refractivity contribution is 5.85. The van der Waals surface area contributed by atoms with Gasteiger partial charge in [-0.05, 0) is 19.1 Å². The van der Waals surface area contributed by atoms with E-state index in [0.29, 0.717) is 5.82 Å². The van der Waals surface area contributed by atoms with Crippen molar-refractivity contribution in [2.45, 2.75) is 13.0 Å². The third kappa shape index (κ3) is 3.40. The van der Waals surface area contributed by atoms with Gasteiger partial charge >= 0.3 is 5.97 Å². The summed E-state index contributed by atoms with van der Waals surface area (Å²) in [6.07, 6.45) is 0. The van der Waals surface area contributed by atoms with E-state index >= 15 is 0 Å². The maximum Gasteiger partial charge on any atom is 0.356 e. The van der Waals surface area contributed by atoms with Gasteiger partial charge in [-0.1, -0.05) is 0 Å². The lowest BCUT2D eigenvalue weighted by atomic mass is 10.3. The molecule has 0 aromatic carbocycles. The molecule has 17 heavy (non-hydrogen) atoms. The van der Waals surface area contributed by atoms with Crippen LogP contribution in [0.1, 0.15) is 17.4 Å². The number of likely N-dealkylation sites (N-methyl/N-ethyl adjacent to an activating group) is 1. The summed E-state index contributed by atoms with van der Waals surface area (Å²) in [6, 6.07) is 2.34. The molecule has 7 heteroatoms. The summed E-state index contributed by atoms with van der Waals surface area (Å²) < 4.78 is 0. The first-order valence-electron chi connectivity index (χ1n) is 4.96. The van der Waals surface area contributed by atoms with E-state index < -0.39 is 12.0 Å². The largest absolute Gasteiger partial charge is 0.476 e. The fraction of sp³-hybridized carbons (Fsp3) is 0.400. The first-order valence-corrected chi connectivity index (χ1v) is 4.96. The van der Waals surface area contributed by atoms with Crippen LogP contribution in [0.4, 0.5) is 5.82 Å². The molecule has 0 fully saturated rings. The van der Waals surface area contributed by atoms with Gasteiger partial charge < -0.3 is 15.3 Å². The van der Waals surface area contributed by atoms with E-state index in [2.05, 4.69) is 15.5 Å². The first kappa shape index (κ1) is 12.9. The molecule has 1 heterocycles. The molecular formula is C10H14N4O3. The lowest BCUT2D eigenvalue weighted by molar-refractivity contribution is -0.129. The van der Waals surface area contributed by atoms with E-state index in [-0.39, 0.29) is 11.6 Å². The van der Waals surface area contributed by atoms with Gasteiger partial charge in [0, 0.05) is 14.1 Å². The number of nitrogens with zero attached hydrogens (tertiary/aromatic N) is 3. The summed E-state index contributed by atoms with van der Waals surface area (Å²) in [5.74, 6) is -0.881. The number of nitrogens with one attached hydrogen (secondary N) is 1. The van der Waals surface area contributed by atoms with Crippen LogP contribution in [0.3, 0.4) is 0 Å². The van der Waals surface area contributed by atoms with Gasteiger partial charge in [0.1, 0.15) is 11.9 Å². The smallest absolute Gasteiger partial charge is 0.356 e. The minimum Gasteiger partial charge on any atom is -0.476 e. The maximum atomic E-state index is 11.5. The zero-order valence-electron chi connectivity index (χ0n) is 9.84. The zero-order valence-corrected chi connectivity index (χ0v) is 9.84. The SMILES string of the molecule is CC(Nc1ccc(C(=O)O)nn1)C(=O)N(C)C. The van der Waals surface area contributed by atoms with E-state index in [9.17, 15) is 9.59 Å². The summed E-state index contributed by atoms with van der Waals surface area (Å²) in [5, 5.41) is 18.6. The highest BCUT2D eigenvalue weighted by Gasteiger charge is 2.15. The highest BCUT2D eigenvalue weighted by atomic mass is 16.4. The monoisotopic (exact) mass is 238 g/mol. The van der Waals surface area contributed by atoms with Crippen LogP contribution in [0.2, 0.25) is 0 Å². The Bertz CT molecular complexity index is 416. The fourth-order valence-electron chi connectivity index (χ4n) is 1.19. The molecule has 1 rings (SSSR count). The third-order valence-corrected chi connectivity index (χ3v) is 2.06. The average Bonchev–Trinajstić information content (AvgIpc) is 2.28. The molecule has 0 aliphatic heterocycles. The number of aromatic carboxylic acids is 1. The van der Waals surface area contributed by atoms with Gasteiger partial charge in [-0.3, -0.25) is 4.79 Å². The van der Waals surface area contributed by atoms with E-state index in [0.717, 1.165) is 0 Å². The van der Waals surface area contributed by atoms with Gasteiger partial charge in [0.25, 0.3) is 0 Å². The lowest BCUT2D eigenvalue weighted by Gasteiger charge is -2.17. The number of hydrogen-bond donors (Lipinski definition) is 2. The number of carbonyl (C=O) groups excluding carboxylic acids is 1. The minimum absolute atomic E-state index is 0.103. The molecule has 0 radical (unpaired) electrons. The standard InChI is InChI=1S/C10H14N4O3/c1-6(9(15)14(2)3)11-8-5-4-7(10(16)17)12-13-8/h4-6H,1-3H3,(H,11,13)(H,16,17). The second-order valence-corrected chi connectivity index (χ2v) is 3.71. The van der Waals surface area contributed by atoms with Crippen molar-refractivity contribution in [3.63, 3.8) is 0 Å². The van der Waals surface area contributed by atoms with Crippen LogP contribution < -0.4 is 5.32 Å². The van der Waals surface area contributed by atoms with Crippen molar-refractivity contribution in [3.8, 4) is 0 Å². The van der Waals surface area contributed by atoms with Crippen LogP contribution in [0.15, 0.2) is 12.1 Å². The molecule has 0 bridgehead atoms. The molecule has 0 aliphatic carbocycles. The van der Waals surface area contributed by atoms with Gasteiger partial charge in [0.15, 0.2) is 5.69 Å². The Hall–Kier alpha value is -2.18. The van der Waals surface area contributed by atoms with Crippen molar-refractivity contribution in [1.82, 2.24) is 15.1 Å². The molecule has 0 aliphatic rings. The van der Waals surface area contributed by atoms with Crippen LogP contribution in [0.5, 0.6) is 0 Å².